The minimum Gasteiger partial charge on any atom is -0.366 e. The topological polar surface area (TPSA) is 80.4 Å². The lowest BCUT2D eigenvalue weighted by Gasteiger charge is -1.80. The zero-order chi connectivity index (χ0) is 5.15. The van der Waals surface area contributed by atoms with Crippen LogP contribution in [0.4, 0.5) is 0 Å². The maximum atomic E-state index is 9.36. The van der Waals surface area contributed by atoms with Crippen LogP contribution in [0.2, 0.25) is 0 Å². The van der Waals surface area contributed by atoms with Gasteiger partial charge < -0.3 is 5.11 Å². The Hall–Kier alpha value is -0.180. The summed E-state index contributed by atoms with van der Waals surface area (Å²) in [5.74, 6) is -1.69. The Balaban J connectivity index is 3.57. The maximum absolute atomic E-state index is 9.36. The third kappa shape index (κ3) is 2.08. The van der Waals surface area contributed by atoms with E-state index in [1.807, 2.05) is 0 Å². The monoisotopic (exact) mass is 109 g/mol. The zero-order valence-corrected chi connectivity index (χ0v) is 3.76. The summed E-state index contributed by atoms with van der Waals surface area (Å²) in [6.07, 6.45) is 0. The molecule has 0 aromatic rings. The average molecular weight is 109 g/mol. The van der Waals surface area contributed by atoms with Crippen LogP contribution in [-0.4, -0.2) is 11.1 Å². The van der Waals surface area contributed by atoms with Crippen LogP contribution in [0.5, 0.6) is 0 Å². The Morgan fingerprint density at radius 2 is 1.83 bits per heavy atom. The predicted octanol–water partition coefficient (Wildman–Crippen LogP) is -0.606. The van der Waals surface area contributed by atoms with Crippen LogP contribution in [-0.2, 0) is 9.13 Å². The first-order valence-corrected chi connectivity index (χ1v) is 2.46. The van der Waals surface area contributed by atoms with E-state index in [1.165, 1.54) is 0 Å². The predicted molar refractivity (Wildman–Crippen MR) is 18.5 cm³/mol. The molecule has 0 rings (SSSR count). The Kier molecular flexibility index (Phi) is 2.01. The highest BCUT2D eigenvalue weighted by atomic mass is 31.1. The first-order valence-electron chi connectivity index (χ1n) is 1.21. The van der Waals surface area contributed by atoms with Crippen molar-refractivity contribution in [1.82, 2.24) is 0 Å². The molecule has 3 N–H and O–H groups in total. The summed E-state index contributed by atoms with van der Waals surface area (Å²) in [4.78, 5) is 0. The number of rotatable bonds is 1. The summed E-state index contributed by atoms with van der Waals surface area (Å²) < 4.78 is 18.7. The third-order valence-electron chi connectivity index (χ3n) is 0.216. The minimum atomic E-state index is -2.83. The van der Waals surface area contributed by atoms with Crippen molar-refractivity contribution in [3.05, 3.63) is 0 Å². The lowest BCUT2D eigenvalue weighted by molar-refractivity contribution is 0.253. The number of aliphatic hydroxyl groups excluding tert-OH is 1. The van der Waals surface area contributed by atoms with Gasteiger partial charge in [-0.05, 0) is 0 Å². The minimum absolute atomic E-state index is 1.69. The highest BCUT2D eigenvalue weighted by molar-refractivity contribution is 7.31. The fourth-order valence-electron chi connectivity index (χ4n) is 0. The van der Waals surface area contributed by atoms with Gasteiger partial charge in [-0.3, -0.25) is 5.73 Å². The molecule has 0 saturated carbocycles. The second-order valence-corrected chi connectivity index (χ2v) is 1.80. The van der Waals surface area contributed by atoms with Crippen molar-refractivity contribution in [2.75, 3.05) is 0 Å². The number of hydrogen-bond donors (Lipinski definition) is 2. The van der Waals surface area contributed by atoms with Gasteiger partial charge in [0.25, 0.3) is 0 Å². The van der Waals surface area contributed by atoms with Crippen LogP contribution >= 0.6 is 7.68 Å². The summed E-state index contributed by atoms with van der Waals surface area (Å²) >= 11 is 0. The molecule has 0 fully saturated rings. The van der Waals surface area contributed by atoms with Gasteiger partial charge in [-0.25, -0.2) is 9.13 Å². The van der Waals surface area contributed by atoms with Crippen molar-refractivity contribution in [2.24, 2.45) is 5.73 Å². The molecule has 0 spiro atoms. The van der Waals surface area contributed by atoms with Crippen molar-refractivity contribution in [1.29, 1.82) is 0 Å². The van der Waals surface area contributed by atoms with Gasteiger partial charge >= 0.3 is 7.68 Å². The zero-order valence-electron chi connectivity index (χ0n) is 2.87. The molecule has 0 aromatic heterocycles. The number of nitrogens with two attached hydrogens (primary N) is 1. The summed E-state index contributed by atoms with van der Waals surface area (Å²) in [5.41, 5.74) is 4.39. The van der Waals surface area contributed by atoms with Gasteiger partial charge in [-0.2, -0.15) is 0 Å². The second-order valence-electron chi connectivity index (χ2n) is 0.699. The van der Waals surface area contributed by atoms with Crippen LogP contribution < -0.4 is 5.73 Å². The van der Waals surface area contributed by atoms with Gasteiger partial charge in [0.1, 0.15) is 0 Å². The van der Waals surface area contributed by atoms with Gasteiger partial charge in [-0.15, -0.1) is 0 Å². The van der Waals surface area contributed by atoms with E-state index in [4.69, 9.17) is 5.11 Å². The number of aliphatic hydroxyl groups is 1. The first kappa shape index (κ1) is 5.82. The van der Waals surface area contributed by atoms with Crippen molar-refractivity contribution in [3.63, 3.8) is 0 Å². The molecule has 0 aliphatic rings. The van der Waals surface area contributed by atoms with Gasteiger partial charge in [0.2, 0.25) is 5.97 Å². The summed E-state index contributed by atoms with van der Waals surface area (Å²) in [6.45, 7) is 0. The molecule has 0 bridgehead atoms. The van der Waals surface area contributed by atoms with Gasteiger partial charge in [0.15, 0.2) is 0 Å². The highest BCUT2D eigenvalue weighted by Gasteiger charge is 1.96. The SMILES string of the molecule is NC(O)P(=O)=O. The summed E-state index contributed by atoms with van der Waals surface area (Å²) in [6, 6.07) is 0. The van der Waals surface area contributed by atoms with Crippen molar-refractivity contribution in [2.45, 2.75) is 5.97 Å². The largest absolute Gasteiger partial charge is 0.366 e. The molecule has 0 heterocycles. The third-order valence-corrected chi connectivity index (χ3v) is 0.648. The number of hydrogen-bond acceptors (Lipinski definition) is 4. The fourth-order valence-corrected chi connectivity index (χ4v) is 0. The lowest BCUT2D eigenvalue weighted by Crippen LogP contribution is -2.09. The molecule has 6 heavy (non-hydrogen) atoms. The van der Waals surface area contributed by atoms with Crippen molar-refractivity contribution in [3.8, 4) is 0 Å². The molecule has 1 atom stereocenters. The molecule has 0 aliphatic heterocycles. The van der Waals surface area contributed by atoms with Gasteiger partial charge in [0.05, 0.1) is 0 Å². The Morgan fingerprint density at radius 1 is 1.67 bits per heavy atom. The quantitative estimate of drug-likeness (QED) is 0.347. The molecule has 4 nitrogen and oxygen atoms in total. The fraction of sp³-hybridized carbons (Fsp3) is 1.00. The molecule has 5 heteroatoms. The van der Waals surface area contributed by atoms with Gasteiger partial charge in [0, 0.05) is 0 Å². The van der Waals surface area contributed by atoms with E-state index in [1.54, 1.807) is 0 Å². The molecule has 36 valence electrons. The molecule has 0 aromatic carbocycles. The molecular weight excluding hydrogens is 105 g/mol. The smallest absolute Gasteiger partial charge is 0.360 e. The molecule has 1 unspecified atom stereocenters. The average Bonchev–Trinajstić information content (AvgIpc) is 1.36. The van der Waals surface area contributed by atoms with E-state index in [-0.39, 0.29) is 0 Å². The van der Waals surface area contributed by atoms with Crippen LogP contribution in [0, 0.1) is 0 Å². The van der Waals surface area contributed by atoms with Crippen LogP contribution in [0.15, 0.2) is 0 Å². The van der Waals surface area contributed by atoms with E-state index in [0.29, 0.717) is 0 Å². The van der Waals surface area contributed by atoms with Crippen molar-refractivity contribution >= 4 is 7.68 Å². The Morgan fingerprint density at radius 3 is 1.83 bits per heavy atom. The molecule has 0 aliphatic carbocycles. The Bertz CT molecular complexity index is 87.0. The maximum Gasteiger partial charge on any atom is 0.360 e. The van der Waals surface area contributed by atoms with E-state index < -0.39 is 13.6 Å². The first-order chi connectivity index (χ1) is 2.64. The van der Waals surface area contributed by atoms with Gasteiger partial charge in [-0.1, -0.05) is 0 Å². The molecule has 0 saturated heterocycles. The van der Waals surface area contributed by atoms with Crippen LogP contribution in [0.3, 0.4) is 0 Å². The molecule has 0 amide bonds. The summed E-state index contributed by atoms with van der Waals surface area (Å²) in [7, 11) is -2.83. The van der Waals surface area contributed by atoms with Crippen LogP contribution in [0.25, 0.3) is 0 Å². The summed E-state index contributed by atoms with van der Waals surface area (Å²) in [5, 5.41) is 7.81. The van der Waals surface area contributed by atoms with Crippen molar-refractivity contribution < 1.29 is 14.2 Å². The molecule has 0 radical (unpaired) electrons. The normalized spacial score (nSPS) is 13.7. The van der Waals surface area contributed by atoms with E-state index >= 15 is 0 Å². The van der Waals surface area contributed by atoms with Crippen LogP contribution in [0.1, 0.15) is 0 Å². The molecular formula is CH4NO3P. The lowest BCUT2D eigenvalue weighted by atomic mass is 11.4. The Labute approximate surface area is 34.8 Å². The standard InChI is InChI=1S/CH4NO3P/c2-1(3)6(4)5/h1,3H,2H2. The highest BCUT2D eigenvalue weighted by Crippen LogP contribution is 2.02. The van der Waals surface area contributed by atoms with E-state index in [9.17, 15) is 9.13 Å². The van der Waals surface area contributed by atoms with E-state index in [0.717, 1.165) is 0 Å². The second kappa shape index (κ2) is 2.08. The van der Waals surface area contributed by atoms with E-state index in [2.05, 4.69) is 5.73 Å².